The summed E-state index contributed by atoms with van der Waals surface area (Å²) in [6.07, 6.45) is 2.16. The standard InChI is InChI=1S/C7H8N2O2/c10-5-3-7(11)9-6-2-1-4-8-6/h1-2,4-5,8H,3H2,(H,9,11). The number of rotatable bonds is 3. The van der Waals surface area contributed by atoms with E-state index in [1.54, 1.807) is 18.3 Å². The van der Waals surface area contributed by atoms with Crippen LogP contribution in [-0.4, -0.2) is 17.2 Å². The first-order valence-electron chi connectivity index (χ1n) is 3.20. The van der Waals surface area contributed by atoms with E-state index >= 15 is 0 Å². The molecule has 0 unspecified atom stereocenters. The third-order valence-corrected chi connectivity index (χ3v) is 1.14. The Morgan fingerprint density at radius 3 is 3.09 bits per heavy atom. The maximum atomic E-state index is 10.7. The van der Waals surface area contributed by atoms with E-state index in [-0.39, 0.29) is 12.3 Å². The fourth-order valence-corrected chi connectivity index (χ4v) is 0.685. The lowest BCUT2D eigenvalue weighted by molar-refractivity contribution is -0.120. The van der Waals surface area contributed by atoms with Gasteiger partial charge in [-0.25, -0.2) is 0 Å². The van der Waals surface area contributed by atoms with Crippen LogP contribution in [0.5, 0.6) is 0 Å². The molecule has 1 aromatic heterocycles. The molecule has 0 radical (unpaired) electrons. The van der Waals surface area contributed by atoms with Crippen LogP contribution >= 0.6 is 0 Å². The van der Waals surface area contributed by atoms with Gasteiger partial charge in [-0.1, -0.05) is 0 Å². The van der Waals surface area contributed by atoms with Gasteiger partial charge < -0.3 is 15.1 Å². The van der Waals surface area contributed by atoms with Gasteiger partial charge >= 0.3 is 0 Å². The van der Waals surface area contributed by atoms with Crippen LogP contribution < -0.4 is 5.32 Å². The summed E-state index contributed by atoms with van der Waals surface area (Å²) < 4.78 is 0. The minimum absolute atomic E-state index is 0.0982. The topological polar surface area (TPSA) is 62.0 Å². The highest BCUT2D eigenvalue weighted by Gasteiger charge is 1.99. The van der Waals surface area contributed by atoms with Gasteiger partial charge in [-0.05, 0) is 12.1 Å². The maximum Gasteiger partial charge on any atom is 0.232 e. The molecule has 0 aliphatic carbocycles. The second-order valence-electron chi connectivity index (χ2n) is 2.00. The van der Waals surface area contributed by atoms with Crippen LogP contribution in [0.15, 0.2) is 18.3 Å². The van der Waals surface area contributed by atoms with Gasteiger partial charge in [0.25, 0.3) is 0 Å². The maximum absolute atomic E-state index is 10.7. The fraction of sp³-hybridized carbons (Fsp3) is 0.143. The number of hydrogen-bond donors (Lipinski definition) is 2. The van der Waals surface area contributed by atoms with Crippen molar-refractivity contribution < 1.29 is 9.59 Å². The Balaban J connectivity index is 2.43. The predicted molar refractivity (Wildman–Crippen MR) is 40.1 cm³/mol. The number of carbonyl (C=O) groups is 2. The summed E-state index contributed by atoms with van der Waals surface area (Å²) in [6, 6.07) is 3.47. The normalized spacial score (nSPS) is 9.09. The van der Waals surface area contributed by atoms with Gasteiger partial charge in [-0.15, -0.1) is 0 Å². The fourth-order valence-electron chi connectivity index (χ4n) is 0.685. The monoisotopic (exact) mass is 152 g/mol. The van der Waals surface area contributed by atoms with E-state index in [1.165, 1.54) is 0 Å². The summed E-state index contributed by atoms with van der Waals surface area (Å²) >= 11 is 0. The first kappa shape index (κ1) is 7.53. The van der Waals surface area contributed by atoms with Gasteiger partial charge in [0.15, 0.2) is 0 Å². The van der Waals surface area contributed by atoms with E-state index < -0.39 is 0 Å². The highest BCUT2D eigenvalue weighted by Crippen LogP contribution is 2.00. The number of nitrogens with one attached hydrogen (secondary N) is 2. The molecule has 4 nitrogen and oxygen atoms in total. The summed E-state index contributed by atoms with van der Waals surface area (Å²) in [5.74, 6) is 0.305. The molecule has 0 spiro atoms. The molecule has 1 amide bonds. The third-order valence-electron chi connectivity index (χ3n) is 1.14. The van der Waals surface area contributed by atoms with Gasteiger partial charge in [-0.2, -0.15) is 0 Å². The van der Waals surface area contributed by atoms with Crippen LogP contribution in [0.3, 0.4) is 0 Å². The Labute approximate surface area is 63.6 Å². The lowest BCUT2D eigenvalue weighted by Crippen LogP contribution is -2.11. The summed E-state index contributed by atoms with van der Waals surface area (Å²) in [6.45, 7) is 0. The summed E-state index contributed by atoms with van der Waals surface area (Å²) in [4.78, 5) is 23.4. The zero-order valence-electron chi connectivity index (χ0n) is 5.83. The molecule has 0 atom stereocenters. The Morgan fingerprint density at radius 2 is 2.55 bits per heavy atom. The average molecular weight is 152 g/mol. The molecule has 0 fully saturated rings. The van der Waals surface area contributed by atoms with Crippen molar-refractivity contribution in [3.63, 3.8) is 0 Å². The molecule has 0 saturated heterocycles. The van der Waals surface area contributed by atoms with Crippen LogP contribution in [0, 0.1) is 0 Å². The van der Waals surface area contributed by atoms with E-state index in [0.29, 0.717) is 12.1 Å². The van der Waals surface area contributed by atoms with Gasteiger partial charge in [0, 0.05) is 6.20 Å². The van der Waals surface area contributed by atoms with Crippen molar-refractivity contribution in [3.8, 4) is 0 Å². The molecule has 1 aromatic rings. The molecule has 1 heterocycles. The molecule has 1 rings (SSSR count). The first-order chi connectivity index (χ1) is 5.33. The van der Waals surface area contributed by atoms with E-state index in [1.807, 2.05) is 0 Å². The molecular weight excluding hydrogens is 144 g/mol. The number of aromatic amines is 1. The van der Waals surface area contributed by atoms with Crippen molar-refractivity contribution in [1.82, 2.24) is 4.98 Å². The number of hydrogen-bond acceptors (Lipinski definition) is 2. The van der Waals surface area contributed by atoms with Crippen LogP contribution in [0.2, 0.25) is 0 Å². The largest absolute Gasteiger partial charge is 0.348 e. The third kappa shape index (κ3) is 2.25. The molecule has 58 valence electrons. The zero-order chi connectivity index (χ0) is 8.10. The Hall–Kier alpha value is -1.58. The van der Waals surface area contributed by atoms with Crippen molar-refractivity contribution >= 4 is 18.0 Å². The Kier molecular flexibility index (Phi) is 2.43. The number of aromatic nitrogens is 1. The number of aldehydes is 1. The zero-order valence-corrected chi connectivity index (χ0v) is 5.83. The van der Waals surface area contributed by atoms with Crippen molar-refractivity contribution in [2.24, 2.45) is 0 Å². The van der Waals surface area contributed by atoms with Crippen LogP contribution in [-0.2, 0) is 9.59 Å². The van der Waals surface area contributed by atoms with Crippen molar-refractivity contribution in [2.45, 2.75) is 6.42 Å². The average Bonchev–Trinajstić information content (AvgIpc) is 2.40. The second-order valence-corrected chi connectivity index (χ2v) is 2.00. The molecule has 4 heteroatoms. The van der Waals surface area contributed by atoms with Crippen LogP contribution in [0.1, 0.15) is 6.42 Å². The Morgan fingerprint density at radius 1 is 1.73 bits per heavy atom. The molecule has 0 aliphatic rings. The van der Waals surface area contributed by atoms with E-state index in [0.717, 1.165) is 0 Å². The van der Waals surface area contributed by atoms with E-state index in [2.05, 4.69) is 10.3 Å². The number of carbonyl (C=O) groups excluding carboxylic acids is 2. The SMILES string of the molecule is O=CCC(=O)Nc1ccc[nH]1. The van der Waals surface area contributed by atoms with Gasteiger partial charge in [0.2, 0.25) is 5.91 Å². The first-order valence-corrected chi connectivity index (χ1v) is 3.20. The van der Waals surface area contributed by atoms with Crippen LogP contribution in [0.4, 0.5) is 5.82 Å². The summed E-state index contributed by atoms with van der Waals surface area (Å²) in [5.41, 5.74) is 0. The molecular formula is C7H8N2O2. The minimum Gasteiger partial charge on any atom is -0.348 e. The Bertz CT molecular complexity index is 241. The molecule has 2 N–H and O–H groups in total. The predicted octanol–water partition coefficient (Wildman–Crippen LogP) is 0.542. The van der Waals surface area contributed by atoms with Gasteiger partial charge in [0.05, 0.1) is 6.42 Å². The highest BCUT2D eigenvalue weighted by atomic mass is 16.2. The van der Waals surface area contributed by atoms with Crippen molar-refractivity contribution in [3.05, 3.63) is 18.3 Å². The molecule has 0 aliphatic heterocycles. The lowest BCUT2D eigenvalue weighted by atomic mass is 10.4. The number of amides is 1. The summed E-state index contributed by atoms with van der Waals surface area (Å²) in [7, 11) is 0. The van der Waals surface area contributed by atoms with E-state index in [9.17, 15) is 9.59 Å². The number of anilines is 1. The molecule has 0 saturated carbocycles. The number of H-pyrrole nitrogens is 1. The smallest absolute Gasteiger partial charge is 0.232 e. The van der Waals surface area contributed by atoms with Gasteiger partial charge in [-0.3, -0.25) is 4.79 Å². The molecule has 0 bridgehead atoms. The highest BCUT2D eigenvalue weighted by molar-refractivity contribution is 5.97. The molecule has 11 heavy (non-hydrogen) atoms. The quantitative estimate of drug-likeness (QED) is 0.490. The van der Waals surface area contributed by atoms with Crippen molar-refractivity contribution in [1.29, 1.82) is 0 Å². The molecule has 0 aromatic carbocycles. The lowest BCUT2D eigenvalue weighted by Gasteiger charge is -1.96. The minimum atomic E-state index is -0.303. The van der Waals surface area contributed by atoms with Crippen molar-refractivity contribution in [2.75, 3.05) is 5.32 Å². The van der Waals surface area contributed by atoms with Gasteiger partial charge in [0.1, 0.15) is 12.1 Å². The van der Waals surface area contributed by atoms with Crippen LogP contribution in [0.25, 0.3) is 0 Å². The second kappa shape index (κ2) is 3.55. The summed E-state index contributed by atoms with van der Waals surface area (Å²) in [5, 5.41) is 2.50. The van der Waals surface area contributed by atoms with E-state index in [4.69, 9.17) is 0 Å².